The Morgan fingerprint density at radius 1 is 1.16 bits per heavy atom. The standard InChI is InChI=1S/C23H29ClN4O3S/c1-15(2)14-25-22(30)20(27-21(29)19-7-4-12-32-19)16-8-10-28(11-9-16)23(31)26-18-6-3-5-17(24)13-18/h3-7,12-13,15-16,20H,8-11,14H2,1-2H3,(H,25,30)(H,26,31)(H,27,29)/t20-/m1/s1. The molecule has 32 heavy (non-hydrogen) atoms. The summed E-state index contributed by atoms with van der Waals surface area (Å²) in [5, 5.41) is 11.1. The van der Waals surface area contributed by atoms with Crippen LogP contribution >= 0.6 is 22.9 Å². The lowest BCUT2D eigenvalue weighted by molar-refractivity contribution is -0.124. The molecule has 1 atom stereocenters. The molecule has 0 aliphatic carbocycles. The van der Waals surface area contributed by atoms with Gasteiger partial charge >= 0.3 is 6.03 Å². The Bertz CT molecular complexity index is 927. The van der Waals surface area contributed by atoms with Gasteiger partial charge in [0.05, 0.1) is 4.88 Å². The van der Waals surface area contributed by atoms with Gasteiger partial charge in [-0.15, -0.1) is 11.3 Å². The third-order valence-electron chi connectivity index (χ3n) is 5.37. The van der Waals surface area contributed by atoms with E-state index in [4.69, 9.17) is 11.6 Å². The number of thiophene rings is 1. The zero-order valence-corrected chi connectivity index (χ0v) is 19.8. The average molecular weight is 477 g/mol. The van der Waals surface area contributed by atoms with Crippen LogP contribution in [0.5, 0.6) is 0 Å². The van der Waals surface area contributed by atoms with Crippen LogP contribution in [0.15, 0.2) is 41.8 Å². The van der Waals surface area contributed by atoms with Crippen molar-refractivity contribution in [2.45, 2.75) is 32.7 Å². The highest BCUT2D eigenvalue weighted by Crippen LogP contribution is 2.23. The summed E-state index contributed by atoms with van der Waals surface area (Å²) in [6.07, 6.45) is 1.24. The van der Waals surface area contributed by atoms with E-state index in [-0.39, 0.29) is 23.8 Å². The quantitative estimate of drug-likeness (QED) is 0.559. The molecule has 2 aromatic rings. The van der Waals surface area contributed by atoms with Gasteiger partial charge in [-0.1, -0.05) is 37.6 Å². The van der Waals surface area contributed by atoms with E-state index in [1.807, 2.05) is 25.3 Å². The number of nitrogens with one attached hydrogen (secondary N) is 3. The van der Waals surface area contributed by atoms with Crippen LogP contribution in [0.2, 0.25) is 5.02 Å². The van der Waals surface area contributed by atoms with Crippen molar-refractivity contribution in [3.05, 3.63) is 51.7 Å². The number of piperidine rings is 1. The molecule has 0 bridgehead atoms. The molecular weight excluding hydrogens is 448 g/mol. The third kappa shape index (κ3) is 6.71. The molecule has 4 amide bonds. The van der Waals surface area contributed by atoms with Gasteiger partial charge in [0, 0.05) is 30.3 Å². The predicted octanol–water partition coefficient (Wildman–Crippen LogP) is 4.22. The smallest absolute Gasteiger partial charge is 0.321 e. The lowest BCUT2D eigenvalue weighted by Gasteiger charge is -2.35. The van der Waals surface area contributed by atoms with E-state index in [0.717, 1.165) is 0 Å². The number of carbonyl (C=O) groups is 3. The molecule has 9 heteroatoms. The molecule has 2 heterocycles. The number of benzene rings is 1. The average Bonchev–Trinajstić information content (AvgIpc) is 3.31. The number of hydrogen-bond donors (Lipinski definition) is 3. The first-order valence-corrected chi connectivity index (χ1v) is 12.0. The van der Waals surface area contributed by atoms with Gasteiger partial charge in [0.1, 0.15) is 6.04 Å². The molecule has 1 aliphatic rings. The monoisotopic (exact) mass is 476 g/mol. The SMILES string of the molecule is CC(C)CNC(=O)[C@H](NC(=O)c1cccs1)C1CCN(C(=O)Nc2cccc(Cl)c2)CC1. The van der Waals surface area contributed by atoms with Gasteiger partial charge in [0.15, 0.2) is 0 Å². The highest BCUT2D eigenvalue weighted by molar-refractivity contribution is 7.12. The molecule has 7 nitrogen and oxygen atoms in total. The lowest BCUT2D eigenvalue weighted by Crippen LogP contribution is -2.54. The summed E-state index contributed by atoms with van der Waals surface area (Å²) in [6, 6.07) is 9.72. The Hall–Kier alpha value is -2.58. The van der Waals surface area contributed by atoms with Gasteiger partial charge in [-0.3, -0.25) is 9.59 Å². The summed E-state index contributed by atoms with van der Waals surface area (Å²) in [5.41, 5.74) is 0.638. The van der Waals surface area contributed by atoms with Crippen molar-refractivity contribution < 1.29 is 14.4 Å². The summed E-state index contributed by atoms with van der Waals surface area (Å²) in [6.45, 7) is 5.60. The van der Waals surface area contributed by atoms with Crippen LogP contribution < -0.4 is 16.0 Å². The van der Waals surface area contributed by atoms with Crippen molar-refractivity contribution in [1.82, 2.24) is 15.5 Å². The first-order valence-electron chi connectivity index (χ1n) is 10.8. The van der Waals surface area contributed by atoms with Crippen LogP contribution in [-0.2, 0) is 4.79 Å². The minimum atomic E-state index is -0.638. The first-order chi connectivity index (χ1) is 15.3. The number of rotatable bonds is 7. The van der Waals surface area contributed by atoms with E-state index in [9.17, 15) is 14.4 Å². The number of likely N-dealkylation sites (tertiary alicyclic amines) is 1. The fraction of sp³-hybridized carbons (Fsp3) is 0.435. The number of hydrogen-bond acceptors (Lipinski definition) is 4. The fourth-order valence-corrected chi connectivity index (χ4v) is 4.45. The second kappa shape index (κ2) is 11.3. The molecule has 3 rings (SSSR count). The van der Waals surface area contributed by atoms with E-state index < -0.39 is 6.04 Å². The van der Waals surface area contributed by atoms with Gasteiger partial charge in [0.2, 0.25) is 5.91 Å². The number of carbonyl (C=O) groups excluding carboxylic acids is 3. The molecular formula is C23H29ClN4O3S. The second-order valence-electron chi connectivity index (χ2n) is 8.33. The number of halogens is 1. The van der Waals surface area contributed by atoms with E-state index in [0.29, 0.717) is 54.0 Å². The van der Waals surface area contributed by atoms with Crippen molar-refractivity contribution in [2.24, 2.45) is 11.8 Å². The number of anilines is 1. The Kier molecular flexibility index (Phi) is 8.53. The Labute approximate surface area is 197 Å². The number of urea groups is 1. The minimum absolute atomic E-state index is 0.0544. The molecule has 3 N–H and O–H groups in total. The van der Waals surface area contributed by atoms with E-state index in [1.54, 1.807) is 35.2 Å². The lowest BCUT2D eigenvalue weighted by atomic mass is 9.88. The van der Waals surface area contributed by atoms with Crippen LogP contribution in [0.3, 0.4) is 0 Å². The fourth-order valence-electron chi connectivity index (χ4n) is 3.64. The Morgan fingerprint density at radius 2 is 1.91 bits per heavy atom. The number of amides is 4. The molecule has 1 saturated heterocycles. The maximum absolute atomic E-state index is 12.9. The summed E-state index contributed by atoms with van der Waals surface area (Å²) < 4.78 is 0. The van der Waals surface area contributed by atoms with Gasteiger partial charge in [-0.25, -0.2) is 4.79 Å². The van der Waals surface area contributed by atoms with E-state index >= 15 is 0 Å². The molecule has 1 fully saturated rings. The summed E-state index contributed by atoms with van der Waals surface area (Å²) in [4.78, 5) is 40.5. The van der Waals surface area contributed by atoms with Crippen molar-refractivity contribution >= 4 is 46.5 Å². The normalized spacial score (nSPS) is 15.3. The van der Waals surface area contributed by atoms with Crippen LogP contribution in [-0.4, -0.2) is 48.4 Å². The predicted molar refractivity (Wildman–Crippen MR) is 128 cm³/mol. The van der Waals surface area contributed by atoms with Gasteiger partial charge in [-0.2, -0.15) is 0 Å². The zero-order chi connectivity index (χ0) is 23.1. The topological polar surface area (TPSA) is 90.5 Å². The van der Waals surface area contributed by atoms with Crippen molar-refractivity contribution in [1.29, 1.82) is 0 Å². The van der Waals surface area contributed by atoms with Gasteiger partial charge < -0.3 is 20.9 Å². The molecule has 172 valence electrons. The highest BCUT2D eigenvalue weighted by Gasteiger charge is 2.34. The molecule has 0 radical (unpaired) electrons. The maximum Gasteiger partial charge on any atom is 0.321 e. The third-order valence-corrected chi connectivity index (χ3v) is 6.48. The van der Waals surface area contributed by atoms with Crippen molar-refractivity contribution in [3.8, 4) is 0 Å². The molecule has 1 aliphatic heterocycles. The molecule has 1 aromatic carbocycles. The minimum Gasteiger partial charge on any atom is -0.354 e. The summed E-state index contributed by atoms with van der Waals surface area (Å²) in [7, 11) is 0. The van der Waals surface area contributed by atoms with E-state index in [2.05, 4.69) is 16.0 Å². The summed E-state index contributed by atoms with van der Waals surface area (Å²) in [5.74, 6) is -0.165. The first kappa shape index (κ1) is 24.1. The van der Waals surface area contributed by atoms with Gasteiger partial charge in [0.25, 0.3) is 5.91 Å². The molecule has 0 spiro atoms. The van der Waals surface area contributed by atoms with Crippen LogP contribution in [0.25, 0.3) is 0 Å². The van der Waals surface area contributed by atoms with Crippen molar-refractivity contribution in [2.75, 3.05) is 25.0 Å². The second-order valence-corrected chi connectivity index (χ2v) is 9.72. The highest BCUT2D eigenvalue weighted by atomic mass is 35.5. The van der Waals surface area contributed by atoms with Crippen molar-refractivity contribution in [3.63, 3.8) is 0 Å². The molecule has 1 aromatic heterocycles. The Balaban J connectivity index is 1.61. The van der Waals surface area contributed by atoms with Gasteiger partial charge in [-0.05, 0) is 54.3 Å². The molecule has 0 unspecified atom stereocenters. The maximum atomic E-state index is 12.9. The zero-order valence-electron chi connectivity index (χ0n) is 18.3. The number of nitrogens with zero attached hydrogens (tertiary/aromatic N) is 1. The summed E-state index contributed by atoms with van der Waals surface area (Å²) >= 11 is 7.33. The van der Waals surface area contributed by atoms with Crippen LogP contribution in [0.4, 0.5) is 10.5 Å². The van der Waals surface area contributed by atoms with E-state index in [1.165, 1.54) is 11.3 Å². The molecule has 0 saturated carbocycles. The largest absolute Gasteiger partial charge is 0.354 e. The van der Waals surface area contributed by atoms with Crippen LogP contribution in [0, 0.1) is 11.8 Å². The Morgan fingerprint density at radius 3 is 2.53 bits per heavy atom. The van der Waals surface area contributed by atoms with Crippen LogP contribution in [0.1, 0.15) is 36.4 Å².